The maximum Gasteiger partial charge on any atom is 0.472 e. The Balaban J connectivity index is 3.56. The van der Waals surface area contributed by atoms with Gasteiger partial charge in [0.15, 0.2) is 0 Å². The van der Waals surface area contributed by atoms with Crippen LogP contribution in [0.15, 0.2) is 0 Å². The zero-order chi connectivity index (χ0) is 17.6. The Labute approximate surface area is 139 Å². The van der Waals surface area contributed by atoms with Gasteiger partial charge in [-0.15, -0.1) is 0 Å². The van der Waals surface area contributed by atoms with Gasteiger partial charge in [-0.1, -0.05) is 58.3 Å². The molecule has 0 aliphatic carbocycles. The van der Waals surface area contributed by atoms with Crippen LogP contribution in [-0.2, 0) is 18.4 Å². The summed E-state index contributed by atoms with van der Waals surface area (Å²) in [5, 5.41) is 8.42. The quantitative estimate of drug-likeness (QED) is 0.287. The number of hydrogen-bond donors (Lipinski definition) is 3. The lowest BCUT2D eigenvalue weighted by Crippen LogP contribution is -2.25. The summed E-state index contributed by atoms with van der Waals surface area (Å²) in [5.41, 5.74) is 5.83. The van der Waals surface area contributed by atoms with E-state index in [9.17, 15) is 14.3 Å². The second kappa shape index (κ2) is 13.9. The first-order chi connectivity index (χ1) is 10.9. The van der Waals surface area contributed by atoms with Crippen molar-refractivity contribution in [1.29, 1.82) is 0 Å². The van der Waals surface area contributed by atoms with Gasteiger partial charge in [0.1, 0.15) is 0 Å². The standard InChI is InChI=1S/C15H32NO6P/c1-2-3-4-5-6-7-8-9-10-14(16)13-22-23(19,20)21-12-11-15(17)18/h14H,2-13,16H2,1H3,(H,17,18)(H,19,20). The molecular weight excluding hydrogens is 321 g/mol. The van der Waals surface area contributed by atoms with Crippen molar-refractivity contribution < 1.29 is 28.4 Å². The number of carbonyl (C=O) groups is 1. The van der Waals surface area contributed by atoms with Crippen molar-refractivity contribution in [3.63, 3.8) is 0 Å². The van der Waals surface area contributed by atoms with Crippen LogP contribution in [0.5, 0.6) is 0 Å². The van der Waals surface area contributed by atoms with E-state index in [0.29, 0.717) is 0 Å². The maximum atomic E-state index is 11.5. The predicted molar refractivity (Wildman–Crippen MR) is 89.2 cm³/mol. The SMILES string of the molecule is CCCCCCCCCCC(N)COP(=O)(O)OCCC(=O)O. The van der Waals surface area contributed by atoms with Crippen molar-refractivity contribution >= 4 is 13.8 Å². The first kappa shape index (κ1) is 22.5. The Bertz CT molecular complexity index is 353. The van der Waals surface area contributed by atoms with Gasteiger partial charge in [0, 0.05) is 6.04 Å². The lowest BCUT2D eigenvalue weighted by molar-refractivity contribution is -0.137. The Morgan fingerprint density at radius 3 is 2.22 bits per heavy atom. The third kappa shape index (κ3) is 16.2. The molecule has 0 aromatic carbocycles. The molecule has 0 aromatic heterocycles. The van der Waals surface area contributed by atoms with Crippen molar-refractivity contribution in [2.45, 2.75) is 77.2 Å². The molecule has 7 nitrogen and oxygen atoms in total. The van der Waals surface area contributed by atoms with Gasteiger partial charge in [-0.2, -0.15) is 0 Å². The van der Waals surface area contributed by atoms with E-state index in [1.54, 1.807) is 0 Å². The van der Waals surface area contributed by atoms with Gasteiger partial charge < -0.3 is 15.7 Å². The highest BCUT2D eigenvalue weighted by Crippen LogP contribution is 2.43. The van der Waals surface area contributed by atoms with Crippen molar-refractivity contribution in [2.24, 2.45) is 5.73 Å². The van der Waals surface area contributed by atoms with Gasteiger partial charge in [0.25, 0.3) is 0 Å². The van der Waals surface area contributed by atoms with Crippen LogP contribution in [0.3, 0.4) is 0 Å². The molecule has 0 rings (SSSR count). The lowest BCUT2D eigenvalue weighted by Gasteiger charge is -2.15. The zero-order valence-corrected chi connectivity index (χ0v) is 15.0. The molecule has 0 saturated carbocycles. The molecule has 0 saturated heterocycles. The third-order valence-corrected chi connectivity index (χ3v) is 4.43. The van der Waals surface area contributed by atoms with Crippen LogP contribution < -0.4 is 5.73 Å². The van der Waals surface area contributed by atoms with E-state index in [1.807, 2.05) is 0 Å². The minimum absolute atomic E-state index is 0.0721. The van der Waals surface area contributed by atoms with Crippen molar-refractivity contribution in [3.8, 4) is 0 Å². The molecule has 0 bridgehead atoms. The van der Waals surface area contributed by atoms with Crippen LogP contribution in [0.1, 0.15) is 71.1 Å². The van der Waals surface area contributed by atoms with E-state index in [-0.39, 0.29) is 25.7 Å². The Morgan fingerprint density at radius 2 is 1.65 bits per heavy atom. The average molecular weight is 353 g/mol. The third-order valence-electron chi connectivity index (χ3n) is 3.45. The summed E-state index contributed by atoms with van der Waals surface area (Å²) >= 11 is 0. The van der Waals surface area contributed by atoms with Gasteiger partial charge in [0.05, 0.1) is 19.6 Å². The summed E-state index contributed by atoms with van der Waals surface area (Å²) in [7, 11) is -4.21. The average Bonchev–Trinajstić information content (AvgIpc) is 2.47. The molecule has 0 aliphatic rings. The van der Waals surface area contributed by atoms with E-state index < -0.39 is 13.8 Å². The fourth-order valence-electron chi connectivity index (χ4n) is 2.10. The zero-order valence-electron chi connectivity index (χ0n) is 14.1. The van der Waals surface area contributed by atoms with E-state index in [1.165, 1.54) is 38.5 Å². The summed E-state index contributed by atoms with van der Waals surface area (Å²) in [5.74, 6) is -1.10. The van der Waals surface area contributed by atoms with E-state index in [2.05, 4.69) is 11.4 Å². The summed E-state index contributed by atoms with van der Waals surface area (Å²) < 4.78 is 20.8. The highest BCUT2D eigenvalue weighted by molar-refractivity contribution is 7.47. The molecule has 0 radical (unpaired) electrons. The summed E-state index contributed by atoms with van der Waals surface area (Å²) in [6, 6.07) is -0.321. The molecule has 0 aromatic rings. The highest BCUT2D eigenvalue weighted by atomic mass is 31.2. The smallest absolute Gasteiger partial charge is 0.472 e. The Hall–Kier alpha value is -0.460. The van der Waals surface area contributed by atoms with Gasteiger partial charge in [0.2, 0.25) is 0 Å². The van der Waals surface area contributed by atoms with Crippen LogP contribution in [0.25, 0.3) is 0 Å². The Kier molecular flexibility index (Phi) is 13.7. The topological polar surface area (TPSA) is 119 Å². The first-order valence-electron chi connectivity index (χ1n) is 8.46. The molecule has 2 atom stereocenters. The number of phosphoric acid groups is 1. The normalized spacial score (nSPS) is 15.3. The highest BCUT2D eigenvalue weighted by Gasteiger charge is 2.22. The van der Waals surface area contributed by atoms with Crippen molar-refractivity contribution in [3.05, 3.63) is 0 Å². The molecule has 23 heavy (non-hydrogen) atoms. The molecule has 0 aliphatic heterocycles. The molecule has 138 valence electrons. The minimum atomic E-state index is -4.21. The first-order valence-corrected chi connectivity index (χ1v) is 9.96. The van der Waals surface area contributed by atoms with Crippen molar-refractivity contribution in [1.82, 2.24) is 0 Å². The van der Waals surface area contributed by atoms with Gasteiger partial charge in [-0.3, -0.25) is 13.8 Å². The number of rotatable bonds is 16. The summed E-state index contributed by atoms with van der Waals surface area (Å²) in [4.78, 5) is 19.6. The summed E-state index contributed by atoms with van der Waals surface area (Å²) in [6.07, 6.45) is 10.0. The van der Waals surface area contributed by atoms with E-state index >= 15 is 0 Å². The number of nitrogens with two attached hydrogens (primary N) is 1. The number of aliphatic carboxylic acids is 1. The van der Waals surface area contributed by atoms with Crippen LogP contribution in [0.2, 0.25) is 0 Å². The van der Waals surface area contributed by atoms with E-state index in [0.717, 1.165) is 19.3 Å². The number of unbranched alkanes of at least 4 members (excludes halogenated alkanes) is 7. The Morgan fingerprint density at radius 1 is 1.09 bits per heavy atom. The molecule has 0 fully saturated rings. The summed E-state index contributed by atoms with van der Waals surface area (Å²) in [6.45, 7) is 1.76. The predicted octanol–water partition coefficient (Wildman–Crippen LogP) is 3.45. The number of carboxylic acids is 1. The van der Waals surface area contributed by atoms with Gasteiger partial charge in [-0.25, -0.2) is 4.57 Å². The molecule has 2 unspecified atom stereocenters. The molecular formula is C15H32NO6P. The van der Waals surface area contributed by atoms with Crippen LogP contribution in [0.4, 0.5) is 0 Å². The van der Waals surface area contributed by atoms with Gasteiger partial charge >= 0.3 is 13.8 Å². The van der Waals surface area contributed by atoms with Gasteiger partial charge in [-0.05, 0) is 6.42 Å². The number of hydrogen-bond acceptors (Lipinski definition) is 5. The van der Waals surface area contributed by atoms with E-state index in [4.69, 9.17) is 15.4 Å². The minimum Gasteiger partial charge on any atom is -0.481 e. The molecule has 0 heterocycles. The maximum absolute atomic E-state index is 11.5. The lowest BCUT2D eigenvalue weighted by atomic mass is 10.1. The van der Waals surface area contributed by atoms with Crippen LogP contribution >= 0.6 is 7.82 Å². The molecule has 4 N–H and O–H groups in total. The second-order valence-corrected chi connectivity index (χ2v) is 7.22. The molecule has 0 spiro atoms. The second-order valence-electron chi connectivity index (χ2n) is 5.76. The van der Waals surface area contributed by atoms with Crippen LogP contribution in [0, 0.1) is 0 Å². The monoisotopic (exact) mass is 353 g/mol. The molecule has 8 heteroatoms. The number of carboxylic acid groups (broad SMARTS) is 1. The fraction of sp³-hybridized carbons (Fsp3) is 0.933. The largest absolute Gasteiger partial charge is 0.481 e. The number of phosphoric ester groups is 1. The van der Waals surface area contributed by atoms with Crippen LogP contribution in [-0.4, -0.2) is 35.2 Å². The van der Waals surface area contributed by atoms with Crippen molar-refractivity contribution in [2.75, 3.05) is 13.2 Å². The fourth-order valence-corrected chi connectivity index (χ4v) is 2.88. The molecule has 0 amide bonds.